The number of aliphatic hydroxyl groups is 4. The summed E-state index contributed by atoms with van der Waals surface area (Å²) in [6.45, 7) is -0.0137. The van der Waals surface area contributed by atoms with Crippen LogP contribution in [0.4, 0.5) is 0 Å². The van der Waals surface area contributed by atoms with Crippen molar-refractivity contribution in [1.82, 2.24) is 0 Å². The quantitative estimate of drug-likeness (QED) is 0.202. The molecule has 2 aromatic rings. The molecule has 208 valence electrons. The van der Waals surface area contributed by atoms with Crippen LogP contribution in [0.25, 0.3) is 0 Å². The van der Waals surface area contributed by atoms with Gasteiger partial charge in [-0.1, -0.05) is 18.2 Å². The summed E-state index contributed by atoms with van der Waals surface area (Å²) in [4.78, 5) is 39.7. The summed E-state index contributed by atoms with van der Waals surface area (Å²) in [7, 11) is 0. The Bertz CT molecular complexity index is 1380. The number of nitrogens with two attached hydrogens (primary N) is 1. The Hall–Kier alpha value is -3.23. The first kappa shape index (κ1) is 27.3. The van der Waals surface area contributed by atoms with E-state index in [-0.39, 0.29) is 34.2 Å². The van der Waals surface area contributed by atoms with Crippen LogP contribution in [0.5, 0.6) is 11.5 Å². The predicted molar refractivity (Wildman–Crippen MR) is 131 cm³/mol. The van der Waals surface area contributed by atoms with Gasteiger partial charge in [0.25, 0.3) is 0 Å². The number of aromatic hydroxyl groups is 2. The van der Waals surface area contributed by atoms with E-state index in [2.05, 4.69) is 0 Å². The summed E-state index contributed by atoms with van der Waals surface area (Å²) in [5.74, 6) is -4.00. The van der Waals surface area contributed by atoms with E-state index in [0.29, 0.717) is 0 Å². The molecule has 0 saturated carbocycles. The molecule has 3 unspecified atom stereocenters. The minimum atomic E-state index is -2.25. The van der Waals surface area contributed by atoms with Gasteiger partial charge >= 0.3 is 0 Å². The van der Waals surface area contributed by atoms with Gasteiger partial charge in [-0.05, 0) is 12.5 Å². The van der Waals surface area contributed by atoms with Gasteiger partial charge in [0.15, 0.2) is 23.6 Å². The summed E-state index contributed by atoms with van der Waals surface area (Å²) in [6.07, 6.45) is -5.21. The zero-order valence-electron chi connectivity index (χ0n) is 21.0. The topological polar surface area (TPSA) is 217 Å². The highest BCUT2D eigenvalue weighted by atomic mass is 16.7. The molecular formula is C27H29NO11. The van der Waals surface area contributed by atoms with E-state index >= 15 is 0 Å². The van der Waals surface area contributed by atoms with Crippen molar-refractivity contribution in [2.75, 3.05) is 6.61 Å². The number of ketones is 3. The van der Waals surface area contributed by atoms with Crippen molar-refractivity contribution in [2.24, 2.45) is 5.73 Å². The summed E-state index contributed by atoms with van der Waals surface area (Å²) >= 11 is 0. The number of phenols is 2. The van der Waals surface area contributed by atoms with Crippen LogP contribution in [-0.4, -0.2) is 84.7 Å². The van der Waals surface area contributed by atoms with Gasteiger partial charge in [0.1, 0.15) is 23.7 Å². The second-order valence-corrected chi connectivity index (χ2v) is 10.3. The average Bonchev–Trinajstić information content (AvgIpc) is 2.90. The number of Topliss-reactive ketones (excluding diaryl/α,β-unsaturated/α-hetero) is 1. The monoisotopic (exact) mass is 543 g/mol. The van der Waals surface area contributed by atoms with Crippen LogP contribution < -0.4 is 5.73 Å². The Morgan fingerprint density at radius 3 is 2.46 bits per heavy atom. The van der Waals surface area contributed by atoms with E-state index in [1.54, 1.807) is 6.92 Å². The number of fused-ring (bicyclic) bond motifs is 3. The fourth-order valence-corrected chi connectivity index (χ4v) is 5.81. The molecule has 3 aliphatic rings. The highest BCUT2D eigenvalue weighted by Crippen LogP contribution is 2.52. The second kappa shape index (κ2) is 9.75. The predicted octanol–water partition coefficient (Wildman–Crippen LogP) is -0.515. The second-order valence-electron chi connectivity index (χ2n) is 10.3. The number of hydrogen-bond donors (Lipinski definition) is 7. The molecule has 0 radical (unpaired) electrons. The van der Waals surface area contributed by atoms with E-state index in [1.807, 2.05) is 0 Å². The molecule has 2 aliphatic carbocycles. The van der Waals surface area contributed by atoms with Crippen molar-refractivity contribution < 1.29 is 54.5 Å². The van der Waals surface area contributed by atoms with Crippen molar-refractivity contribution in [3.8, 4) is 11.5 Å². The molecule has 0 aromatic heterocycles. The molecule has 1 saturated heterocycles. The lowest BCUT2D eigenvalue weighted by Crippen LogP contribution is -2.53. The Kier molecular flexibility index (Phi) is 6.84. The van der Waals surface area contributed by atoms with Crippen LogP contribution in [0.15, 0.2) is 18.2 Å². The van der Waals surface area contributed by atoms with Crippen LogP contribution in [0.3, 0.4) is 0 Å². The number of phenolic OH excluding ortho intramolecular Hbond substituents is 2. The number of benzene rings is 2. The largest absolute Gasteiger partial charge is 0.507 e. The van der Waals surface area contributed by atoms with Crippen molar-refractivity contribution in [3.63, 3.8) is 0 Å². The zero-order chi connectivity index (χ0) is 28.4. The molecule has 0 spiro atoms. The summed E-state index contributed by atoms with van der Waals surface area (Å²) in [6, 6.07) is 3.53. The van der Waals surface area contributed by atoms with Crippen molar-refractivity contribution in [1.29, 1.82) is 0 Å². The van der Waals surface area contributed by atoms with E-state index in [4.69, 9.17) is 15.2 Å². The molecule has 8 N–H and O–H groups in total. The van der Waals surface area contributed by atoms with Crippen molar-refractivity contribution in [3.05, 3.63) is 57.1 Å². The molecular weight excluding hydrogens is 514 g/mol. The third kappa shape index (κ3) is 4.16. The molecule has 39 heavy (non-hydrogen) atoms. The molecule has 0 bridgehead atoms. The molecule has 12 nitrogen and oxygen atoms in total. The first-order valence-corrected chi connectivity index (χ1v) is 12.5. The number of ether oxygens (including phenoxy) is 2. The molecule has 12 heteroatoms. The maximum Gasteiger partial charge on any atom is 0.198 e. The maximum absolute atomic E-state index is 13.6. The van der Waals surface area contributed by atoms with Crippen LogP contribution in [0.1, 0.15) is 74.4 Å². The summed E-state index contributed by atoms with van der Waals surface area (Å²) in [5.41, 5.74) is 2.35. The van der Waals surface area contributed by atoms with Gasteiger partial charge < -0.3 is 45.8 Å². The normalized spacial score (nSPS) is 29.9. The number of carbonyl (C=O) groups excluding carboxylic acids is 3. The van der Waals surface area contributed by atoms with Crippen molar-refractivity contribution >= 4 is 17.3 Å². The first-order valence-electron chi connectivity index (χ1n) is 12.5. The van der Waals surface area contributed by atoms with Gasteiger partial charge in [-0.2, -0.15) is 0 Å². The van der Waals surface area contributed by atoms with Gasteiger partial charge in [-0.3, -0.25) is 14.4 Å². The van der Waals surface area contributed by atoms with Crippen LogP contribution in [0, 0.1) is 0 Å². The molecule has 5 rings (SSSR count). The average molecular weight is 544 g/mol. The van der Waals surface area contributed by atoms with E-state index in [0.717, 1.165) is 0 Å². The highest BCUT2D eigenvalue weighted by Gasteiger charge is 2.50. The Labute approximate surface area is 222 Å². The molecule has 0 amide bonds. The minimum Gasteiger partial charge on any atom is -0.507 e. The van der Waals surface area contributed by atoms with Gasteiger partial charge in [0, 0.05) is 47.6 Å². The van der Waals surface area contributed by atoms with Gasteiger partial charge in [-0.15, -0.1) is 0 Å². The number of hydrogen-bond acceptors (Lipinski definition) is 12. The van der Waals surface area contributed by atoms with Crippen LogP contribution in [0.2, 0.25) is 0 Å². The number of rotatable bonds is 5. The number of aliphatic hydroxyl groups excluding tert-OH is 3. The fourth-order valence-electron chi connectivity index (χ4n) is 5.81. The minimum absolute atomic E-state index is 0.00600. The van der Waals surface area contributed by atoms with E-state index in [1.165, 1.54) is 18.2 Å². The summed E-state index contributed by atoms with van der Waals surface area (Å²) in [5, 5.41) is 63.4. The van der Waals surface area contributed by atoms with Crippen molar-refractivity contribution in [2.45, 2.75) is 69.0 Å². The fraction of sp³-hybridized carbons (Fsp3) is 0.444. The van der Waals surface area contributed by atoms with Crippen LogP contribution >= 0.6 is 0 Å². The van der Waals surface area contributed by atoms with Crippen LogP contribution in [-0.2, 0) is 27.3 Å². The lowest BCUT2D eigenvalue weighted by atomic mass is 9.71. The Balaban J connectivity index is 1.69. The molecule has 1 fully saturated rings. The lowest BCUT2D eigenvalue weighted by molar-refractivity contribution is -0.247. The standard InChI is InChI=1S/C27H29NO11/c1-10-22(32)14(28)5-17(38-10)39-15-7-27(37,16(31)9-30)6-13-19(15)26(36)21-20(24(13)34)23(33)12-4-2-3-11(8-29)18(12)25(21)35/h2-4,10,14-15,17,22,29-30,32,34,36-37H,5-9,28H2,1H3/t10-,14?,15-,17?,22?,27-/m0/s1. The number of carbonyl (C=O) groups is 3. The maximum atomic E-state index is 13.6. The molecule has 2 aromatic carbocycles. The first-order chi connectivity index (χ1) is 18.4. The van der Waals surface area contributed by atoms with Gasteiger partial charge in [0.2, 0.25) is 0 Å². The van der Waals surface area contributed by atoms with E-state index in [9.17, 15) is 45.0 Å². The smallest absolute Gasteiger partial charge is 0.198 e. The third-order valence-electron chi connectivity index (χ3n) is 7.88. The Morgan fingerprint density at radius 2 is 1.82 bits per heavy atom. The SMILES string of the molecule is C[C@@H]1OC(O[C@H]2C[C@](O)(C(=O)CO)Cc3c(O)c4c(c(O)c32)C(=O)c2c(CO)cccc2C4=O)CC(N)C1O. The summed E-state index contributed by atoms with van der Waals surface area (Å²) < 4.78 is 11.7. The van der Waals surface area contributed by atoms with Gasteiger partial charge in [0.05, 0.1) is 36.0 Å². The molecule has 1 aliphatic heterocycles. The molecule has 1 heterocycles. The molecule has 6 atom stereocenters. The van der Waals surface area contributed by atoms with Gasteiger partial charge in [-0.25, -0.2) is 0 Å². The third-order valence-corrected chi connectivity index (χ3v) is 7.88. The van der Waals surface area contributed by atoms with E-state index < -0.39 is 102 Å². The Morgan fingerprint density at radius 1 is 1.13 bits per heavy atom. The highest BCUT2D eigenvalue weighted by molar-refractivity contribution is 6.31. The lowest BCUT2D eigenvalue weighted by Gasteiger charge is -2.42. The zero-order valence-corrected chi connectivity index (χ0v) is 21.0.